The van der Waals surface area contributed by atoms with Crippen LogP contribution < -0.4 is 5.32 Å². The van der Waals surface area contributed by atoms with Crippen LogP contribution in [0.1, 0.15) is 16.8 Å². The molecule has 0 radical (unpaired) electrons. The van der Waals surface area contributed by atoms with Crippen LogP contribution >= 0.6 is 0 Å². The highest BCUT2D eigenvalue weighted by Gasteiger charge is 2.49. The standard InChI is InChI=1S/C19H19N5O3S/c1-11-3-5-14(6-4-11)28(26,27)19-17(22-24-23-19)16-15(18(25)21-16)10-13-7-8-20-12(2)9-13/h3-9,15-16,19H,10H2,1-2H3,(H,21,25)/t15-,16+,19?/m1/s1. The molecular weight excluding hydrogens is 378 g/mol. The molecule has 28 heavy (non-hydrogen) atoms. The van der Waals surface area contributed by atoms with Crippen LogP contribution in [0.5, 0.6) is 0 Å². The number of hydrogen-bond donors (Lipinski definition) is 1. The second-order valence-corrected chi connectivity index (χ2v) is 9.05. The number of sulfone groups is 1. The maximum Gasteiger partial charge on any atom is 0.226 e. The average molecular weight is 397 g/mol. The number of pyridine rings is 1. The van der Waals surface area contributed by atoms with Gasteiger partial charge in [-0.1, -0.05) is 17.7 Å². The van der Waals surface area contributed by atoms with Crippen LogP contribution in [0.2, 0.25) is 0 Å². The molecule has 3 heterocycles. The molecule has 144 valence electrons. The molecule has 1 saturated heterocycles. The Morgan fingerprint density at radius 1 is 1.11 bits per heavy atom. The van der Waals surface area contributed by atoms with Gasteiger partial charge in [0.2, 0.25) is 21.1 Å². The first kappa shape index (κ1) is 18.4. The van der Waals surface area contributed by atoms with Gasteiger partial charge >= 0.3 is 0 Å². The fraction of sp³-hybridized carbons (Fsp3) is 0.316. The van der Waals surface area contributed by atoms with Crippen LogP contribution in [-0.2, 0) is 21.1 Å². The topological polar surface area (TPSA) is 113 Å². The number of β-lactam (4-membered cyclic amide) rings is 1. The molecule has 0 saturated carbocycles. The summed E-state index contributed by atoms with van der Waals surface area (Å²) in [6, 6.07) is 9.81. The molecule has 9 heteroatoms. The van der Waals surface area contributed by atoms with Crippen LogP contribution in [0, 0.1) is 19.8 Å². The zero-order chi connectivity index (χ0) is 19.9. The van der Waals surface area contributed by atoms with Gasteiger partial charge in [-0.3, -0.25) is 9.78 Å². The quantitative estimate of drug-likeness (QED) is 0.777. The van der Waals surface area contributed by atoms with Crippen LogP contribution in [0.15, 0.2) is 62.9 Å². The predicted octanol–water partition coefficient (Wildman–Crippen LogP) is 1.98. The van der Waals surface area contributed by atoms with E-state index in [1.807, 2.05) is 26.0 Å². The largest absolute Gasteiger partial charge is 0.347 e. The third-order valence-electron chi connectivity index (χ3n) is 4.99. The van der Waals surface area contributed by atoms with E-state index in [9.17, 15) is 13.2 Å². The summed E-state index contributed by atoms with van der Waals surface area (Å²) in [6.07, 6.45) is 2.16. The van der Waals surface area contributed by atoms with E-state index in [1.54, 1.807) is 30.5 Å². The van der Waals surface area contributed by atoms with E-state index in [1.165, 1.54) is 0 Å². The van der Waals surface area contributed by atoms with Gasteiger partial charge in [-0.25, -0.2) is 8.42 Å². The summed E-state index contributed by atoms with van der Waals surface area (Å²) in [6.45, 7) is 3.76. The molecule has 0 bridgehead atoms. The Hall–Kier alpha value is -2.94. The summed E-state index contributed by atoms with van der Waals surface area (Å²) in [5, 5.41) is 13.0. The molecule has 1 fully saturated rings. The van der Waals surface area contributed by atoms with Crippen molar-refractivity contribution in [1.82, 2.24) is 10.3 Å². The number of rotatable bonds is 5. The molecule has 1 unspecified atom stereocenters. The third-order valence-corrected chi connectivity index (χ3v) is 6.84. The van der Waals surface area contributed by atoms with Crippen molar-refractivity contribution in [1.29, 1.82) is 0 Å². The van der Waals surface area contributed by atoms with E-state index in [-0.39, 0.29) is 16.5 Å². The number of nitrogens with one attached hydrogen (secondary N) is 1. The first-order valence-electron chi connectivity index (χ1n) is 8.86. The van der Waals surface area contributed by atoms with Gasteiger partial charge in [-0.15, -0.1) is 10.2 Å². The number of carbonyl (C=O) groups is 1. The molecule has 4 rings (SSSR count). The lowest BCUT2D eigenvalue weighted by Gasteiger charge is -2.37. The first-order chi connectivity index (χ1) is 13.4. The lowest BCUT2D eigenvalue weighted by Crippen LogP contribution is -2.64. The number of aromatic nitrogens is 1. The summed E-state index contributed by atoms with van der Waals surface area (Å²) in [5.74, 6) is -0.555. The Morgan fingerprint density at radius 3 is 2.54 bits per heavy atom. The minimum Gasteiger partial charge on any atom is -0.347 e. The fourth-order valence-corrected chi connectivity index (χ4v) is 4.87. The number of aryl methyl sites for hydroxylation is 2. The van der Waals surface area contributed by atoms with Gasteiger partial charge in [-0.2, -0.15) is 0 Å². The van der Waals surface area contributed by atoms with Gasteiger partial charge in [0, 0.05) is 11.9 Å². The van der Waals surface area contributed by atoms with Crippen molar-refractivity contribution in [3.05, 3.63) is 59.4 Å². The van der Waals surface area contributed by atoms with E-state index >= 15 is 0 Å². The van der Waals surface area contributed by atoms with Crippen LogP contribution in [0.4, 0.5) is 0 Å². The molecular formula is C19H19N5O3S. The Bertz CT molecular complexity index is 1090. The van der Waals surface area contributed by atoms with Crippen molar-refractivity contribution in [3.63, 3.8) is 0 Å². The highest BCUT2D eigenvalue weighted by atomic mass is 32.2. The molecule has 1 N–H and O–H groups in total. The van der Waals surface area contributed by atoms with Gasteiger partial charge in [0.25, 0.3) is 0 Å². The van der Waals surface area contributed by atoms with Gasteiger partial charge in [0.05, 0.1) is 16.9 Å². The summed E-state index contributed by atoms with van der Waals surface area (Å²) in [4.78, 5) is 16.5. The number of carbonyl (C=O) groups excluding carboxylic acids is 1. The molecule has 2 aromatic rings. The van der Waals surface area contributed by atoms with E-state index in [0.717, 1.165) is 16.8 Å². The zero-order valence-corrected chi connectivity index (χ0v) is 16.2. The smallest absolute Gasteiger partial charge is 0.226 e. The lowest BCUT2D eigenvalue weighted by molar-refractivity contribution is -0.132. The van der Waals surface area contributed by atoms with Crippen LogP contribution in [-0.4, -0.2) is 36.4 Å². The molecule has 1 aromatic carbocycles. The first-order valence-corrected chi connectivity index (χ1v) is 10.4. The van der Waals surface area contributed by atoms with E-state index in [4.69, 9.17) is 0 Å². The normalized spacial score (nSPS) is 23.9. The van der Waals surface area contributed by atoms with Crippen molar-refractivity contribution < 1.29 is 13.2 Å². The summed E-state index contributed by atoms with van der Waals surface area (Å²) in [5.41, 5.74) is 3.04. The highest BCUT2D eigenvalue weighted by Crippen LogP contribution is 2.30. The lowest BCUT2D eigenvalue weighted by atomic mass is 9.82. The van der Waals surface area contributed by atoms with Gasteiger partial charge in [0.1, 0.15) is 5.71 Å². The molecule has 0 aliphatic carbocycles. The Morgan fingerprint density at radius 2 is 1.86 bits per heavy atom. The Kier molecular flexibility index (Phi) is 4.54. The summed E-state index contributed by atoms with van der Waals surface area (Å²) >= 11 is 0. The molecule has 1 amide bonds. The van der Waals surface area contributed by atoms with Crippen molar-refractivity contribution in [2.45, 2.75) is 36.6 Å². The highest BCUT2D eigenvalue weighted by molar-refractivity contribution is 7.92. The minimum absolute atomic E-state index is 0.138. The Balaban J connectivity index is 1.58. The van der Waals surface area contributed by atoms with Crippen molar-refractivity contribution in [2.24, 2.45) is 21.4 Å². The predicted molar refractivity (Wildman–Crippen MR) is 103 cm³/mol. The number of nitrogens with zero attached hydrogens (tertiary/aromatic N) is 4. The van der Waals surface area contributed by atoms with Crippen LogP contribution in [0.25, 0.3) is 0 Å². The van der Waals surface area contributed by atoms with Crippen molar-refractivity contribution in [3.8, 4) is 0 Å². The van der Waals surface area contributed by atoms with Crippen molar-refractivity contribution >= 4 is 21.5 Å². The third kappa shape index (κ3) is 3.22. The fourth-order valence-electron chi connectivity index (χ4n) is 3.42. The summed E-state index contributed by atoms with van der Waals surface area (Å²) < 4.78 is 26.1. The molecule has 0 spiro atoms. The number of hydrogen-bond acceptors (Lipinski definition) is 7. The van der Waals surface area contributed by atoms with Crippen LogP contribution in [0.3, 0.4) is 0 Å². The second-order valence-electron chi connectivity index (χ2n) is 7.04. The zero-order valence-electron chi connectivity index (χ0n) is 15.4. The Labute approximate surface area is 162 Å². The molecule has 1 aromatic heterocycles. The summed E-state index contributed by atoms with van der Waals surface area (Å²) in [7, 11) is -3.80. The van der Waals surface area contributed by atoms with E-state index in [2.05, 4.69) is 25.7 Å². The van der Waals surface area contributed by atoms with Gasteiger partial charge < -0.3 is 5.32 Å². The molecule has 8 nitrogen and oxygen atoms in total. The monoisotopic (exact) mass is 397 g/mol. The molecule has 3 atom stereocenters. The van der Waals surface area contributed by atoms with E-state index in [0.29, 0.717) is 6.42 Å². The SMILES string of the molecule is Cc1ccc(S(=O)(=O)C2N=NN=C2[C@H]2NC(=O)[C@@H]2Cc2ccnc(C)c2)cc1. The minimum atomic E-state index is -3.80. The van der Waals surface area contributed by atoms with E-state index < -0.39 is 27.2 Å². The second kappa shape index (κ2) is 6.90. The maximum atomic E-state index is 13.0. The molecule has 2 aliphatic heterocycles. The number of amides is 1. The van der Waals surface area contributed by atoms with Crippen molar-refractivity contribution in [2.75, 3.05) is 0 Å². The van der Waals surface area contributed by atoms with Gasteiger partial charge in [0.15, 0.2) is 0 Å². The number of benzene rings is 1. The maximum absolute atomic E-state index is 13.0. The van der Waals surface area contributed by atoms with Gasteiger partial charge in [-0.05, 0) is 55.3 Å². The molecule has 2 aliphatic rings. The average Bonchev–Trinajstić information content (AvgIpc) is 3.14.